The Morgan fingerprint density at radius 1 is 1.60 bits per heavy atom. The average molecular weight is 298 g/mol. The van der Waals surface area contributed by atoms with E-state index in [0.717, 1.165) is 6.54 Å². The second kappa shape index (κ2) is 7.17. The predicted molar refractivity (Wildman–Crippen MR) is 78.7 cm³/mol. The van der Waals surface area contributed by atoms with Gasteiger partial charge in [0, 0.05) is 25.0 Å². The number of likely N-dealkylation sites (N-methyl/N-ethyl adjacent to an activating group) is 1. The number of carbonyl (C=O) groups is 1. The first-order valence-corrected chi connectivity index (χ1v) is 7.71. The molecule has 2 atom stereocenters. The smallest absolute Gasteiger partial charge is 0.236 e. The highest BCUT2D eigenvalue weighted by Crippen LogP contribution is 2.13. The molecule has 1 fully saturated rings. The van der Waals surface area contributed by atoms with Gasteiger partial charge in [0.1, 0.15) is 0 Å². The van der Waals surface area contributed by atoms with Gasteiger partial charge >= 0.3 is 0 Å². The third-order valence-corrected chi connectivity index (χ3v) is 4.22. The van der Waals surface area contributed by atoms with Gasteiger partial charge in [-0.25, -0.2) is 0 Å². The second-order valence-corrected chi connectivity index (χ2v) is 6.31. The molecular formula is C14H22N2O3S. The van der Waals surface area contributed by atoms with Crippen LogP contribution in [0.15, 0.2) is 17.5 Å². The molecule has 0 spiro atoms. The van der Waals surface area contributed by atoms with Gasteiger partial charge in [-0.05, 0) is 18.4 Å². The molecule has 1 aromatic heterocycles. The fourth-order valence-corrected chi connectivity index (χ4v) is 3.16. The van der Waals surface area contributed by atoms with Crippen LogP contribution in [0.1, 0.15) is 11.8 Å². The van der Waals surface area contributed by atoms with Crippen LogP contribution in [-0.2, 0) is 16.1 Å². The molecule has 2 rings (SSSR count). The molecule has 20 heavy (non-hydrogen) atoms. The van der Waals surface area contributed by atoms with E-state index in [1.54, 1.807) is 16.2 Å². The lowest BCUT2D eigenvalue weighted by Gasteiger charge is -2.36. The number of hydrogen-bond donors (Lipinski definition) is 1. The summed E-state index contributed by atoms with van der Waals surface area (Å²) in [6.07, 6.45) is -0.134. The van der Waals surface area contributed by atoms with Crippen molar-refractivity contribution in [3.8, 4) is 0 Å². The Hall–Kier alpha value is -0.950. The van der Waals surface area contributed by atoms with E-state index < -0.39 is 0 Å². The molecule has 1 N–H and O–H groups in total. The number of nitrogens with zero attached hydrogens (tertiary/aromatic N) is 2. The van der Waals surface area contributed by atoms with Crippen LogP contribution >= 0.6 is 11.3 Å². The van der Waals surface area contributed by atoms with E-state index in [1.165, 1.54) is 4.88 Å². The third kappa shape index (κ3) is 4.28. The number of aliphatic hydroxyl groups is 1. The van der Waals surface area contributed by atoms with E-state index in [9.17, 15) is 9.90 Å². The van der Waals surface area contributed by atoms with E-state index in [4.69, 9.17) is 4.74 Å². The number of carbonyl (C=O) groups excluding carboxylic acids is 1. The van der Waals surface area contributed by atoms with Gasteiger partial charge in [-0.15, -0.1) is 11.3 Å². The highest BCUT2D eigenvalue weighted by atomic mass is 32.1. The summed E-state index contributed by atoms with van der Waals surface area (Å²) in [5.41, 5.74) is 0. The number of ether oxygens (including phenoxy) is 1. The fraction of sp³-hybridized carbons (Fsp3) is 0.643. The van der Waals surface area contributed by atoms with E-state index in [0.29, 0.717) is 19.6 Å². The SMILES string of the molecule is CC1CN(CC(=O)N(C)Cc2cccs2)CC(CO)O1. The molecule has 5 nitrogen and oxygen atoms in total. The lowest BCUT2D eigenvalue weighted by molar-refractivity contribution is -0.137. The molecule has 1 aliphatic rings. The molecule has 2 unspecified atom stereocenters. The van der Waals surface area contributed by atoms with E-state index >= 15 is 0 Å². The highest BCUT2D eigenvalue weighted by molar-refractivity contribution is 7.09. The van der Waals surface area contributed by atoms with Crippen LogP contribution < -0.4 is 0 Å². The van der Waals surface area contributed by atoms with Crippen molar-refractivity contribution >= 4 is 17.2 Å². The number of hydrogen-bond acceptors (Lipinski definition) is 5. The van der Waals surface area contributed by atoms with Crippen molar-refractivity contribution in [2.75, 3.05) is 33.3 Å². The minimum atomic E-state index is -0.186. The standard InChI is InChI=1S/C14H22N2O3S/c1-11-6-16(7-12(10-17)19-11)9-14(18)15(2)8-13-4-3-5-20-13/h3-5,11-12,17H,6-10H2,1-2H3. The van der Waals surface area contributed by atoms with Crippen LogP contribution in [-0.4, -0.2) is 66.3 Å². The minimum absolute atomic E-state index is 0.0000646. The highest BCUT2D eigenvalue weighted by Gasteiger charge is 2.26. The molecule has 0 aliphatic carbocycles. The fourth-order valence-electron chi connectivity index (χ4n) is 2.41. The van der Waals surface area contributed by atoms with Crippen LogP contribution in [0.5, 0.6) is 0 Å². The van der Waals surface area contributed by atoms with E-state index in [2.05, 4.69) is 4.90 Å². The van der Waals surface area contributed by atoms with Gasteiger partial charge in [0.05, 0.1) is 31.9 Å². The van der Waals surface area contributed by atoms with Crippen molar-refractivity contribution in [3.63, 3.8) is 0 Å². The summed E-state index contributed by atoms with van der Waals surface area (Å²) in [4.78, 5) is 17.2. The minimum Gasteiger partial charge on any atom is -0.394 e. The maximum absolute atomic E-state index is 12.2. The Bertz CT molecular complexity index is 424. The largest absolute Gasteiger partial charge is 0.394 e. The lowest BCUT2D eigenvalue weighted by atomic mass is 10.2. The average Bonchev–Trinajstić information content (AvgIpc) is 2.90. The quantitative estimate of drug-likeness (QED) is 0.873. The lowest BCUT2D eigenvalue weighted by Crippen LogP contribution is -2.51. The number of rotatable bonds is 5. The zero-order chi connectivity index (χ0) is 14.5. The molecule has 1 aromatic rings. The second-order valence-electron chi connectivity index (χ2n) is 5.27. The Morgan fingerprint density at radius 3 is 3.05 bits per heavy atom. The first-order chi connectivity index (χ1) is 9.58. The Kier molecular flexibility index (Phi) is 5.54. The van der Waals surface area contributed by atoms with Crippen molar-refractivity contribution < 1.29 is 14.6 Å². The maximum Gasteiger partial charge on any atom is 0.236 e. The number of aliphatic hydroxyl groups excluding tert-OH is 1. The van der Waals surface area contributed by atoms with Crippen molar-refractivity contribution in [2.24, 2.45) is 0 Å². The third-order valence-electron chi connectivity index (χ3n) is 3.36. The maximum atomic E-state index is 12.2. The summed E-state index contributed by atoms with van der Waals surface area (Å²) in [5.74, 6) is 0.101. The van der Waals surface area contributed by atoms with Crippen LogP contribution in [0, 0.1) is 0 Å². The monoisotopic (exact) mass is 298 g/mol. The van der Waals surface area contributed by atoms with Crippen LogP contribution in [0.25, 0.3) is 0 Å². The van der Waals surface area contributed by atoms with Gasteiger partial charge in [-0.1, -0.05) is 6.07 Å². The molecular weight excluding hydrogens is 276 g/mol. The summed E-state index contributed by atoms with van der Waals surface area (Å²) in [6, 6.07) is 4.03. The van der Waals surface area contributed by atoms with Gasteiger partial charge < -0.3 is 14.7 Å². The summed E-state index contributed by atoms with van der Waals surface area (Å²) >= 11 is 1.66. The van der Waals surface area contributed by atoms with Gasteiger partial charge in [-0.3, -0.25) is 9.69 Å². The molecule has 0 aromatic carbocycles. The topological polar surface area (TPSA) is 53.0 Å². The van der Waals surface area contributed by atoms with E-state index in [1.807, 2.05) is 31.5 Å². The van der Waals surface area contributed by atoms with Crippen molar-refractivity contribution in [3.05, 3.63) is 22.4 Å². The van der Waals surface area contributed by atoms with Gasteiger partial charge in [0.15, 0.2) is 0 Å². The van der Waals surface area contributed by atoms with Crippen molar-refractivity contribution in [1.82, 2.24) is 9.80 Å². The summed E-state index contributed by atoms with van der Waals surface area (Å²) < 4.78 is 5.58. The number of morpholine rings is 1. The Labute approximate surface area is 123 Å². The first-order valence-electron chi connectivity index (χ1n) is 6.83. The Morgan fingerprint density at radius 2 is 2.40 bits per heavy atom. The molecule has 0 saturated carbocycles. The van der Waals surface area contributed by atoms with Gasteiger partial charge in [0.2, 0.25) is 5.91 Å². The Balaban J connectivity index is 1.83. The van der Waals surface area contributed by atoms with E-state index in [-0.39, 0.29) is 24.7 Å². The van der Waals surface area contributed by atoms with Crippen LogP contribution in [0.4, 0.5) is 0 Å². The zero-order valence-corrected chi connectivity index (χ0v) is 12.8. The van der Waals surface area contributed by atoms with Gasteiger partial charge in [-0.2, -0.15) is 0 Å². The first kappa shape index (κ1) is 15.4. The molecule has 112 valence electrons. The predicted octanol–water partition coefficient (Wildman–Crippen LogP) is 0.788. The summed E-state index contributed by atoms with van der Waals surface area (Å²) in [7, 11) is 1.83. The summed E-state index contributed by atoms with van der Waals surface area (Å²) in [6.45, 7) is 4.34. The zero-order valence-electron chi connectivity index (χ0n) is 12.0. The van der Waals surface area contributed by atoms with Crippen molar-refractivity contribution in [1.29, 1.82) is 0 Å². The summed E-state index contributed by atoms with van der Waals surface area (Å²) in [5, 5.41) is 11.2. The normalized spacial score (nSPS) is 23.8. The molecule has 1 aliphatic heterocycles. The van der Waals surface area contributed by atoms with Crippen LogP contribution in [0.3, 0.4) is 0 Å². The van der Waals surface area contributed by atoms with Crippen molar-refractivity contribution in [2.45, 2.75) is 25.7 Å². The number of amides is 1. The van der Waals surface area contributed by atoms with Crippen LogP contribution in [0.2, 0.25) is 0 Å². The molecule has 6 heteroatoms. The molecule has 0 radical (unpaired) electrons. The molecule has 2 heterocycles. The molecule has 1 amide bonds. The van der Waals surface area contributed by atoms with Gasteiger partial charge in [0.25, 0.3) is 0 Å². The molecule has 1 saturated heterocycles. The number of thiophene rings is 1. The molecule has 0 bridgehead atoms.